The fourth-order valence-electron chi connectivity index (χ4n) is 2.24. The number of fused-ring (bicyclic) bond motifs is 1. The Hall–Kier alpha value is -1.84. The quantitative estimate of drug-likeness (QED) is 0.876. The minimum atomic E-state index is -0.557. The molecule has 0 spiro atoms. The van der Waals surface area contributed by atoms with Gasteiger partial charge in [0.1, 0.15) is 6.04 Å². The van der Waals surface area contributed by atoms with E-state index in [1.165, 1.54) is 0 Å². The zero-order chi connectivity index (χ0) is 14.0. The highest BCUT2D eigenvalue weighted by Crippen LogP contribution is 2.24. The average Bonchev–Trinajstić information content (AvgIpc) is 2.51. The van der Waals surface area contributed by atoms with Crippen molar-refractivity contribution >= 4 is 11.8 Å². The van der Waals surface area contributed by atoms with Crippen LogP contribution in [0.4, 0.5) is 0 Å². The molecule has 0 bridgehead atoms. The number of nitrogens with zero attached hydrogens (tertiary/aromatic N) is 1. The number of carbonyl (C=O) groups is 2. The van der Waals surface area contributed by atoms with Crippen LogP contribution in [0.1, 0.15) is 31.0 Å². The second-order valence-electron chi connectivity index (χ2n) is 5.30. The van der Waals surface area contributed by atoms with E-state index in [0.717, 1.165) is 17.5 Å². The van der Waals surface area contributed by atoms with Crippen molar-refractivity contribution in [2.45, 2.75) is 26.3 Å². The molecule has 1 heterocycles. The third-order valence-corrected chi connectivity index (χ3v) is 3.52. The van der Waals surface area contributed by atoms with Crippen molar-refractivity contribution in [2.75, 3.05) is 13.6 Å². The summed E-state index contributed by atoms with van der Waals surface area (Å²) >= 11 is 0. The third-order valence-electron chi connectivity index (χ3n) is 3.52. The molecule has 1 unspecified atom stereocenters. The van der Waals surface area contributed by atoms with Crippen molar-refractivity contribution in [1.29, 1.82) is 0 Å². The van der Waals surface area contributed by atoms with Crippen molar-refractivity contribution in [1.82, 2.24) is 10.2 Å². The van der Waals surface area contributed by atoms with Gasteiger partial charge in [-0.1, -0.05) is 38.1 Å². The summed E-state index contributed by atoms with van der Waals surface area (Å²) in [6.07, 6.45) is 0.826. The van der Waals surface area contributed by atoms with Gasteiger partial charge in [-0.25, -0.2) is 0 Å². The summed E-state index contributed by atoms with van der Waals surface area (Å²) < 4.78 is 0. The molecule has 0 saturated heterocycles. The number of carbonyl (C=O) groups excluding carboxylic acids is 2. The van der Waals surface area contributed by atoms with Gasteiger partial charge in [-0.3, -0.25) is 9.59 Å². The second-order valence-corrected chi connectivity index (χ2v) is 5.30. The van der Waals surface area contributed by atoms with Crippen LogP contribution >= 0.6 is 0 Å². The summed E-state index contributed by atoms with van der Waals surface area (Å²) in [4.78, 5) is 26.0. The molecule has 1 aromatic carbocycles. The van der Waals surface area contributed by atoms with Crippen LogP contribution in [0.3, 0.4) is 0 Å². The Morgan fingerprint density at radius 2 is 2.05 bits per heavy atom. The van der Waals surface area contributed by atoms with Gasteiger partial charge in [-0.15, -0.1) is 0 Å². The molecule has 0 saturated carbocycles. The van der Waals surface area contributed by atoms with E-state index in [0.29, 0.717) is 6.54 Å². The molecule has 2 amide bonds. The molecular formula is C15H20N2O2. The summed E-state index contributed by atoms with van der Waals surface area (Å²) in [5, 5.41) is 2.86. The van der Waals surface area contributed by atoms with Crippen LogP contribution in [-0.2, 0) is 16.0 Å². The lowest BCUT2D eigenvalue weighted by Gasteiger charge is -2.22. The molecule has 4 heteroatoms. The molecule has 0 aromatic heterocycles. The first-order valence-electron chi connectivity index (χ1n) is 6.64. The zero-order valence-electron chi connectivity index (χ0n) is 11.6. The molecule has 0 aliphatic carbocycles. The summed E-state index contributed by atoms with van der Waals surface area (Å²) in [5.41, 5.74) is 2.06. The number of rotatable bonds is 2. The number of amides is 2. The first-order chi connectivity index (χ1) is 9.00. The van der Waals surface area contributed by atoms with Crippen molar-refractivity contribution < 1.29 is 9.59 Å². The van der Waals surface area contributed by atoms with E-state index in [9.17, 15) is 9.59 Å². The minimum Gasteiger partial charge on any atom is -0.343 e. The highest BCUT2D eigenvalue weighted by atomic mass is 16.2. The summed E-state index contributed by atoms with van der Waals surface area (Å²) in [7, 11) is 1.78. The zero-order valence-corrected chi connectivity index (χ0v) is 11.6. The molecule has 4 nitrogen and oxygen atoms in total. The Morgan fingerprint density at radius 1 is 1.37 bits per heavy atom. The molecule has 1 aromatic rings. The van der Waals surface area contributed by atoms with Crippen molar-refractivity contribution in [3.8, 4) is 0 Å². The van der Waals surface area contributed by atoms with Crippen molar-refractivity contribution in [2.24, 2.45) is 5.92 Å². The Morgan fingerprint density at radius 3 is 2.74 bits per heavy atom. The van der Waals surface area contributed by atoms with E-state index < -0.39 is 6.04 Å². The molecule has 2 rings (SSSR count). The molecule has 1 aliphatic rings. The maximum absolute atomic E-state index is 12.4. The van der Waals surface area contributed by atoms with Gasteiger partial charge in [0.25, 0.3) is 0 Å². The van der Waals surface area contributed by atoms with Gasteiger partial charge in [0.05, 0.1) is 0 Å². The predicted molar refractivity (Wildman–Crippen MR) is 73.5 cm³/mol. The lowest BCUT2D eigenvalue weighted by molar-refractivity contribution is -0.136. The predicted octanol–water partition coefficient (Wildman–Crippen LogP) is 1.51. The molecule has 0 fully saturated rings. The maximum Gasteiger partial charge on any atom is 0.249 e. The highest BCUT2D eigenvalue weighted by Gasteiger charge is 2.30. The first-order valence-corrected chi connectivity index (χ1v) is 6.64. The summed E-state index contributed by atoms with van der Waals surface area (Å²) in [6.45, 7) is 4.34. The lowest BCUT2D eigenvalue weighted by atomic mass is 9.98. The smallest absolute Gasteiger partial charge is 0.249 e. The van der Waals surface area contributed by atoms with Crippen LogP contribution < -0.4 is 5.32 Å². The fraction of sp³-hybridized carbons (Fsp3) is 0.467. The lowest BCUT2D eigenvalue weighted by Crippen LogP contribution is -2.41. The second kappa shape index (κ2) is 5.43. The molecule has 1 N–H and O–H groups in total. The average molecular weight is 260 g/mol. The Labute approximate surface area is 113 Å². The van der Waals surface area contributed by atoms with E-state index >= 15 is 0 Å². The first kappa shape index (κ1) is 13.6. The standard InChI is InChI=1S/C15H20N2O2/c1-10(2)14(18)16-13-12-7-5-4-6-11(12)8-9-17(3)15(13)19/h4-7,10,13H,8-9H2,1-3H3,(H,16,18). The van der Waals surface area contributed by atoms with E-state index in [2.05, 4.69) is 5.32 Å². The summed E-state index contributed by atoms with van der Waals surface area (Å²) in [5.74, 6) is -0.268. The van der Waals surface area contributed by atoms with Gasteiger partial charge in [-0.2, -0.15) is 0 Å². The van der Waals surface area contributed by atoms with Gasteiger partial charge < -0.3 is 10.2 Å². The van der Waals surface area contributed by atoms with E-state index in [1.807, 2.05) is 38.1 Å². The van der Waals surface area contributed by atoms with Gasteiger partial charge in [0.2, 0.25) is 11.8 Å². The van der Waals surface area contributed by atoms with E-state index in [4.69, 9.17) is 0 Å². The van der Waals surface area contributed by atoms with Gasteiger partial charge in [0.15, 0.2) is 0 Å². The van der Waals surface area contributed by atoms with E-state index in [-0.39, 0.29) is 17.7 Å². The topological polar surface area (TPSA) is 49.4 Å². The normalized spacial score (nSPS) is 19.1. The SMILES string of the molecule is CC(C)C(=O)NC1C(=O)N(C)CCc2ccccc21. The molecule has 1 aliphatic heterocycles. The molecule has 19 heavy (non-hydrogen) atoms. The largest absolute Gasteiger partial charge is 0.343 e. The van der Waals surface area contributed by atoms with Gasteiger partial charge >= 0.3 is 0 Å². The molecule has 102 valence electrons. The van der Waals surface area contributed by atoms with E-state index in [1.54, 1.807) is 11.9 Å². The molecule has 1 atom stereocenters. The van der Waals surface area contributed by atoms with Crippen LogP contribution in [0.5, 0.6) is 0 Å². The van der Waals surface area contributed by atoms with Gasteiger partial charge in [-0.05, 0) is 17.5 Å². The third kappa shape index (κ3) is 2.78. The van der Waals surface area contributed by atoms with Gasteiger partial charge in [0, 0.05) is 19.5 Å². The molecular weight excluding hydrogens is 240 g/mol. The number of likely N-dealkylation sites (N-methyl/N-ethyl adjacent to an activating group) is 1. The number of hydrogen-bond donors (Lipinski definition) is 1. The Balaban J connectivity index is 2.36. The number of benzene rings is 1. The highest BCUT2D eigenvalue weighted by molar-refractivity contribution is 5.89. The summed E-state index contributed by atoms with van der Waals surface area (Å²) in [6, 6.07) is 7.27. The fourth-order valence-corrected chi connectivity index (χ4v) is 2.24. The van der Waals surface area contributed by atoms with Crippen molar-refractivity contribution in [3.63, 3.8) is 0 Å². The maximum atomic E-state index is 12.4. The van der Waals surface area contributed by atoms with Crippen LogP contribution in [-0.4, -0.2) is 30.3 Å². The number of nitrogens with one attached hydrogen (secondary N) is 1. The van der Waals surface area contributed by atoms with Crippen LogP contribution in [0.2, 0.25) is 0 Å². The van der Waals surface area contributed by atoms with Crippen LogP contribution in [0, 0.1) is 5.92 Å². The van der Waals surface area contributed by atoms with Crippen LogP contribution in [0.15, 0.2) is 24.3 Å². The van der Waals surface area contributed by atoms with Crippen molar-refractivity contribution in [3.05, 3.63) is 35.4 Å². The monoisotopic (exact) mass is 260 g/mol. The van der Waals surface area contributed by atoms with Crippen LogP contribution in [0.25, 0.3) is 0 Å². The number of hydrogen-bond acceptors (Lipinski definition) is 2. The molecule has 0 radical (unpaired) electrons. The Kier molecular flexibility index (Phi) is 3.88. The minimum absolute atomic E-state index is 0.0426. The Bertz CT molecular complexity index is 497.